The Morgan fingerprint density at radius 1 is 1.24 bits per heavy atom. The Balaban J connectivity index is 2.01. The molecule has 0 saturated heterocycles. The van der Waals surface area contributed by atoms with Crippen molar-refractivity contribution in [1.29, 1.82) is 0 Å². The Labute approximate surface area is 131 Å². The van der Waals surface area contributed by atoms with Crippen molar-refractivity contribution in [3.05, 3.63) is 63.7 Å². The second-order valence-corrected chi connectivity index (χ2v) is 5.89. The molecule has 1 unspecified atom stereocenters. The van der Waals surface area contributed by atoms with Crippen LogP contribution in [-0.4, -0.2) is 13.2 Å². The van der Waals surface area contributed by atoms with E-state index in [0.29, 0.717) is 0 Å². The monoisotopic (exact) mass is 301 g/mol. The molecule has 21 heavy (non-hydrogen) atoms. The van der Waals surface area contributed by atoms with Crippen LogP contribution in [0.4, 0.5) is 0 Å². The molecule has 1 heterocycles. The molecule has 1 atom stereocenters. The Morgan fingerprint density at radius 3 is 2.86 bits per heavy atom. The number of hydrogen-bond donors (Lipinski definition) is 1. The smallest absolute Gasteiger partial charge is 0.122 e. The quantitative estimate of drug-likeness (QED) is 0.910. The normalized spacial score (nSPS) is 14.6. The van der Waals surface area contributed by atoms with Crippen LogP contribution >= 0.6 is 11.6 Å². The third kappa shape index (κ3) is 2.92. The van der Waals surface area contributed by atoms with Crippen LogP contribution in [-0.2, 0) is 6.42 Å². The van der Waals surface area contributed by atoms with Crippen LogP contribution in [0.25, 0.3) is 0 Å². The van der Waals surface area contributed by atoms with E-state index in [9.17, 15) is 0 Å². The van der Waals surface area contributed by atoms with Crippen LogP contribution in [0.15, 0.2) is 36.4 Å². The van der Waals surface area contributed by atoms with Crippen LogP contribution in [0.3, 0.4) is 0 Å². The third-order valence-electron chi connectivity index (χ3n) is 4.00. The van der Waals surface area contributed by atoms with E-state index in [2.05, 4.69) is 43.4 Å². The standard InChI is InChI=1S/C18H20ClNO/c1-3-20-18(16-6-5-15(19)10-12(16)2)14-4-7-17-13(11-14)8-9-21-17/h4-7,10-11,18,20H,3,8-9H2,1-2H3. The SMILES string of the molecule is CCNC(c1ccc2c(c1)CCO2)c1ccc(Cl)cc1C. The molecule has 2 aromatic rings. The van der Waals surface area contributed by atoms with Gasteiger partial charge in [-0.1, -0.05) is 36.7 Å². The summed E-state index contributed by atoms with van der Waals surface area (Å²) in [5.41, 5.74) is 5.08. The largest absolute Gasteiger partial charge is 0.493 e. The molecule has 3 heteroatoms. The van der Waals surface area contributed by atoms with Gasteiger partial charge in [0.2, 0.25) is 0 Å². The van der Waals surface area contributed by atoms with Crippen molar-refractivity contribution in [3.63, 3.8) is 0 Å². The summed E-state index contributed by atoms with van der Waals surface area (Å²) in [6.45, 7) is 5.96. The van der Waals surface area contributed by atoms with E-state index in [0.717, 1.165) is 30.3 Å². The first kappa shape index (κ1) is 14.4. The summed E-state index contributed by atoms with van der Waals surface area (Å²) in [7, 11) is 0. The van der Waals surface area contributed by atoms with Crippen LogP contribution in [0.2, 0.25) is 5.02 Å². The van der Waals surface area contributed by atoms with Gasteiger partial charge in [0.05, 0.1) is 12.6 Å². The molecule has 0 amide bonds. The lowest BCUT2D eigenvalue weighted by atomic mass is 9.93. The lowest BCUT2D eigenvalue weighted by Gasteiger charge is -2.21. The number of hydrogen-bond acceptors (Lipinski definition) is 2. The number of ether oxygens (including phenoxy) is 1. The Bertz CT molecular complexity index is 654. The number of benzene rings is 2. The van der Waals surface area contributed by atoms with E-state index in [1.807, 2.05) is 12.1 Å². The highest BCUT2D eigenvalue weighted by Crippen LogP contribution is 2.32. The fraction of sp³-hybridized carbons (Fsp3) is 0.333. The number of rotatable bonds is 4. The summed E-state index contributed by atoms with van der Waals surface area (Å²) < 4.78 is 5.60. The highest BCUT2D eigenvalue weighted by Gasteiger charge is 2.19. The molecular formula is C18H20ClNO. The topological polar surface area (TPSA) is 21.3 Å². The summed E-state index contributed by atoms with van der Waals surface area (Å²) in [5.74, 6) is 1.03. The molecule has 0 fully saturated rings. The molecule has 0 aromatic heterocycles. The molecule has 0 saturated carbocycles. The zero-order valence-electron chi connectivity index (χ0n) is 12.4. The first-order valence-electron chi connectivity index (χ1n) is 7.44. The van der Waals surface area contributed by atoms with Crippen molar-refractivity contribution in [1.82, 2.24) is 5.32 Å². The molecule has 0 spiro atoms. The minimum absolute atomic E-state index is 0.193. The fourth-order valence-electron chi connectivity index (χ4n) is 2.96. The van der Waals surface area contributed by atoms with Gasteiger partial charge < -0.3 is 10.1 Å². The van der Waals surface area contributed by atoms with E-state index in [1.54, 1.807) is 0 Å². The molecule has 0 bridgehead atoms. The predicted octanol–water partition coefficient (Wildman–Crippen LogP) is 4.28. The summed E-state index contributed by atoms with van der Waals surface area (Å²) in [6.07, 6.45) is 1.00. The lowest BCUT2D eigenvalue weighted by molar-refractivity contribution is 0.357. The third-order valence-corrected chi connectivity index (χ3v) is 4.23. The number of halogens is 1. The van der Waals surface area contributed by atoms with E-state index in [4.69, 9.17) is 16.3 Å². The van der Waals surface area contributed by atoms with Crippen molar-refractivity contribution < 1.29 is 4.74 Å². The molecular weight excluding hydrogens is 282 g/mol. The molecule has 0 aliphatic carbocycles. The summed E-state index contributed by atoms with van der Waals surface area (Å²) >= 11 is 6.08. The molecule has 1 aliphatic rings. The zero-order chi connectivity index (χ0) is 14.8. The minimum atomic E-state index is 0.193. The van der Waals surface area contributed by atoms with Gasteiger partial charge in [-0.15, -0.1) is 0 Å². The van der Waals surface area contributed by atoms with Gasteiger partial charge in [0.1, 0.15) is 5.75 Å². The van der Waals surface area contributed by atoms with Crippen molar-refractivity contribution in [2.75, 3.05) is 13.2 Å². The molecule has 0 radical (unpaired) electrons. The number of aryl methyl sites for hydroxylation is 1. The molecule has 1 aliphatic heterocycles. The van der Waals surface area contributed by atoms with Gasteiger partial charge in [-0.05, 0) is 53.9 Å². The number of nitrogens with one attached hydrogen (secondary N) is 1. The first-order valence-corrected chi connectivity index (χ1v) is 7.82. The van der Waals surface area contributed by atoms with E-state index in [1.165, 1.54) is 22.3 Å². The van der Waals surface area contributed by atoms with Crippen LogP contribution in [0, 0.1) is 6.92 Å². The molecule has 2 nitrogen and oxygen atoms in total. The van der Waals surface area contributed by atoms with Crippen LogP contribution < -0.4 is 10.1 Å². The lowest BCUT2D eigenvalue weighted by Crippen LogP contribution is -2.22. The average Bonchev–Trinajstić information content (AvgIpc) is 2.93. The Hall–Kier alpha value is -1.51. The van der Waals surface area contributed by atoms with Crippen LogP contribution in [0.5, 0.6) is 5.75 Å². The van der Waals surface area contributed by atoms with Gasteiger partial charge in [-0.2, -0.15) is 0 Å². The van der Waals surface area contributed by atoms with E-state index < -0.39 is 0 Å². The summed E-state index contributed by atoms with van der Waals surface area (Å²) in [6, 6.07) is 12.8. The first-order chi connectivity index (χ1) is 10.2. The molecule has 1 N–H and O–H groups in total. The van der Waals surface area contributed by atoms with Gasteiger partial charge in [0.15, 0.2) is 0 Å². The van der Waals surface area contributed by atoms with E-state index in [-0.39, 0.29) is 6.04 Å². The van der Waals surface area contributed by atoms with Gasteiger partial charge in [0.25, 0.3) is 0 Å². The maximum atomic E-state index is 6.08. The van der Waals surface area contributed by atoms with Crippen molar-refractivity contribution in [3.8, 4) is 5.75 Å². The van der Waals surface area contributed by atoms with Crippen molar-refractivity contribution in [2.45, 2.75) is 26.3 Å². The average molecular weight is 302 g/mol. The second-order valence-electron chi connectivity index (χ2n) is 5.46. The second kappa shape index (κ2) is 6.08. The van der Waals surface area contributed by atoms with Crippen LogP contribution in [0.1, 0.15) is 35.2 Å². The highest BCUT2D eigenvalue weighted by molar-refractivity contribution is 6.30. The highest BCUT2D eigenvalue weighted by atomic mass is 35.5. The van der Waals surface area contributed by atoms with Gasteiger partial charge >= 0.3 is 0 Å². The summed E-state index contributed by atoms with van der Waals surface area (Å²) in [5, 5.41) is 4.37. The minimum Gasteiger partial charge on any atom is -0.493 e. The molecule has 3 rings (SSSR count). The predicted molar refractivity (Wildman–Crippen MR) is 87.3 cm³/mol. The Kier molecular flexibility index (Phi) is 4.18. The maximum Gasteiger partial charge on any atom is 0.122 e. The molecule has 2 aromatic carbocycles. The van der Waals surface area contributed by atoms with Gasteiger partial charge in [-0.25, -0.2) is 0 Å². The number of fused-ring (bicyclic) bond motifs is 1. The zero-order valence-corrected chi connectivity index (χ0v) is 13.2. The summed E-state index contributed by atoms with van der Waals surface area (Å²) in [4.78, 5) is 0. The van der Waals surface area contributed by atoms with E-state index >= 15 is 0 Å². The van der Waals surface area contributed by atoms with Crippen molar-refractivity contribution in [2.24, 2.45) is 0 Å². The van der Waals surface area contributed by atoms with Gasteiger partial charge in [-0.3, -0.25) is 0 Å². The van der Waals surface area contributed by atoms with Gasteiger partial charge in [0, 0.05) is 11.4 Å². The maximum absolute atomic E-state index is 6.08. The molecule has 110 valence electrons. The fourth-order valence-corrected chi connectivity index (χ4v) is 3.19. The van der Waals surface area contributed by atoms with Crippen molar-refractivity contribution >= 4 is 11.6 Å². The Morgan fingerprint density at radius 2 is 2.10 bits per heavy atom.